The molecule has 1 aromatic heterocycles. The maximum Gasteiger partial charge on any atom is 0.0771 e. The lowest BCUT2D eigenvalue weighted by Gasteiger charge is -2.05. The van der Waals surface area contributed by atoms with E-state index in [1.807, 2.05) is 11.8 Å². The van der Waals surface area contributed by atoms with Gasteiger partial charge in [0.05, 0.1) is 11.5 Å². The summed E-state index contributed by atoms with van der Waals surface area (Å²) in [6.07, 6.45) is 1.79. The molecule has 1 atom stereocenters. The quantitative estimate of drug-likeness (QED) is 0.811. The van der Waals surface area contributed by atoms with Crippen LogP contribution < -0.4 is 0 Å². The van der Waals surface area contributed by atoms with E-state index in [9.17, 15) is 0 Å². The van der Waals surface area contributed by atoms with Crippen LogP contribution in [0.2, 0.25) is 0 Å². The third-order valence-corrected chi connectivity index (χ3v) is 4.76. The van der Waals surface area contributed by atoms with Crippen molar-refractivity contribution in [3.8, 4) is 11.8 Å². The smallest absolute Gasteiger partial charge is 0.0771 e. The van der Waals surface area contributed by atoms with Gasteiger partial charge in [-0.1, -0.05) is 25.7 Å². The van der Waals surface area contributed by atoms with Crippen molar-refractivity contribution in [3.05, 3.63) is 21.9 Å². The third-order valence-electron chi connectivity index (χ3n) is 2.20. The minimum absolute atomic E-state index is 0.148. The van der Waals surface area contributed by atoms with E-state index < -0.39 is 0 Å². The van der Waals surface area contributed by atoms with Gasteiger partial charge >= 0.3 is 0 Å². The molecule has 0 saturated carbocycles. The first kappa shape index (κ1) is 13.6. The molecule has 1 nitrogen and oxygen atoms in total. The topological polar surface area (TPSA) is 20.2 Å². The van der Waals surface area contributed by atoms with Gasteiger partial charge in [-0.15, -0.1) is 11.3 Å². The highest BCUT2D eigenvalue weighted by Crippen LogP contribution is 2.24. The third kappa shape index (κ3) is 5.07. The van der Waals surface area contributed by atoms with Gasteiger partial charge in [0.15, 0.2) is 0 Å². The zero-order valence-electron chi connectivity index (χ0n) is 9.82. The lowest BCUT2D eigenvalue weighted by molar-refractivity contribution is 0.305. The number of hydrogen-bond acceptors (Lipinski definition) is 3. The molecule has 1 heterocycles. The van der Waals surface area contributed by atoms with Crippen LogP contribution in [0.3, 0.4) is 0 Å². The van der Waals surface area contributed by atoms with Crippen molar-refractivity contribution in [2.45, 2.75) is 37.7 Å². The van der Waals surface area contributed by atoms with Crippen molar-refractivity contribution in [2.75, 3.05) is 6.61 Å². The molecule has 3 heteroatoms. The molecule has 16 heavy (non-hydrogen) atoms. The van der Waals surface area contributed by atoms with E-state index in [2.05, 4.69) is 37.8 Å². The fourth-order valence-corrected chi connectivity index (χ4v) is 2.97. The van der Waals surface area contributed by atoms with Crippen LogP contribution in [0.1, 0.15) is 36.4 Å². The molecule has 0 aliphatic carbocycles. The maximum absolute atomic E-state index is 8.62. The second kappa shape index (κ2) is 7.78. The van der Waals surface area contributed by atoms with Crippen molar-refractivity contribution in [2.24, 2.45) is 0 Å². The molecule has 1 N–H and O–H groups in total. The molecule has 0 fully saturated rings. The summed E-state index contributed by atoms with van der Waals surface area (Å²) in [5, 5.41) is 9.35. The van der Waals surface area contributed by atoms with E-state index >= 15 is 0 Å². The van der Waals surface area contributed by atoms with Gasteiger partial charge in [0, 0.05) is 22.3 Å². The molecule has 0 amide bonds. The van der Waals surface area contributed by atoms with Crippen LogP contribution in [-0.4, -0.2) is 17.0 Å². The lowest BCUT2D eigenvalue weighted by Crippen LogP contribution is -1.92. The van der Waals surface area contributed by atoms with E-state index in [1.54, 1.807) is 11.3 Å². The molecule has 88 valence electrons. The Bertz CT molecular complexity index is 359. The minimum Gasteiger partial charge on any atom is -0.395 e. The van der Waals surface area contributed by atoms with E-state index in [0.29, 0.717) is 6.42 Å². The second-order valence-electron chi connectivity index (χ2n) is 3.57. The van der Waals surface area contributed by atoms with E-state index in [0.717, 1.165) is 15.9 Å². The van der Waals surface area contributed by atoms with Crippen molar-refractivity contribution in [3.63, 3.8) is 0 Å². The summed E-state index contributed by atoms with van der Waals surface area (Å²) in [4.78, 5) is 2.49. The Kier molecular flexibility index (Phi) is 6.63. The van der Waals surface area contributed by atoms with Gasteiger partial charge in [-0.25, -0.2) is 0 Å². The Labute approximate surface area is 106 Å². The van der Waals surface area contributed by atoms with Crippen LogP contribution in [0.25, 0.3) is 0 Å². The molecule has 1 rings (SSSR count). The molecule has 0 aliphatic heterocycles. The van der Waals surface area contributed by atoms with Crippen molar-refractivity contribution >= 4 is 23.1 Å². The predicted octanol–water partition coefficient (Wildman–Crippen LogP) is 3.51. The first-order valence-corrected chi connectivity index (χ1v) is 7.42. The molecule has 0 bridgehead atoms. The Morgan fingerprint density at radius 1 is 1.50 bits per heavy atom. The van der Waals surface area contributed by atoms with Gasteiger partial charge in [0.2, 0.25) is 0 Å². The number of hydrogen-bond donors (Lipinski definition) is 1. The predicted molar refractivity (Wildman–Crippen MR) is 73.9 cm³/mol. The zero-order valence-corrected chi connectivity index (χ0v) is 11.5. The molecule has 1 unspecified atom stereocenters. The first-order valence-electron chi connectivity index (χ1n) is 5.56. The SMILES string of the molecule is CCC(C)SCc1ccc(C#CCCO)s1. The van der Waals surface area contributed by atoms with Crippen molar-refractivity contribution in [1.82, 2.24) is 0 Å². The highest BCUT2D eigenvalue weighted by Gasteiger charge is 2.02. The summed E-state index contributed by atoms with van der Waals surface area (Å²) in [6.45, 7) is 4.63. The molecule has 0 spiro atoms. The summed E-state index contributed by atoms with van der Waals surface area (Å²) >= 11 is 3.75. The van der Waals surface area contributed by atoms with Crippen LogP contribution >= 0.6 is 23.1 Å². The summed E-state index contributed by atoms with van der Waals surface area (Å²) in [7, 11) is 0. The van der Waals surface area contributed by atoms with Gasteiger partial charge in [0.25, 0.3) is 0 Å². The molecular formula is C13H18OS2. The fraction of sp³-hybridized carbons (Fsp3) is 0.538. The molecule has 0 aliphatic rings. The van der Waals surface area contributed by atoms with Gasteiger partial charge in [-0.3, -0.25) is 0 Å². The number of thioether (sulfide) groups is 1. The number of aliphatic hydroxyl groups is 1. The van der Waals surface area contributed by atoms with E-state index in [-0.39, 0.29) is 6.61 Å². The summed E-state index contributed by atoms with van der Waals surface area (Å²) < 4.78 is 0. The average Bonchev–Trinajstić information content (AvgIpc) is 2.74. The molecule has 1 aromatic rings. The first-order chi connectivity index (χ1) is 7.76. The van der Waals surface area contributed by atoms with Gasteiger partial charge in [-0.05, 0) is 18.6 Å². The second-order valence-corrected chi connectivity index (χ2v) is 6.17. The van der Waals surface area contributed by atoms with Crippen molar-refractivity contribution in [1.29, 1.82) is 0 Å². The Morgan fingerprint density at radius 3 is 3.00 bits per heavy atom. The van der Waals surface area contributed by atoms with E-state index in [1.165, 1.54) is 11.3 Å². The van der Waals surface area contributed by atoms with Gasteiger partial charge < -0.3 is 5.11 Å². The zero-order chi connectivity index (χ0) is 11.8. The van der Waals surface area contributed by atoms with Crippen LogP contribution in [-0.2, 0) is 5.75 Å². The van der Waals surface area contributed by atoms with Crippen molar-refractivity contribution < 1.29 is 5.11 Å². The molecule has 0 saturated heterocycles. The van der Waals surface area contributed by atoms with Crippen LogP contribution in [0, 0.1) is 11.8 Å². The Morgan fingerprint density at radius 2 is 2.31 bits per heavy atom. The molecular weight excluding hydrogens is 236 g/mol. The molecule has 0 radical (unpaired) electrons. The summed E-state index contributed by atoms with van der Waals surface area (Å²) in [6, 6.07) is 4.23. The van der Waals surface area contributed by atoms with E-state index in [4.69, 9.17) is 5.11 Å². The standard InChI is InChI=1S/C13H18OS2/c1-3-11(2)15-10-13-8-7-12(16-13)6-4-5-9-14/h7-8,11,14H,3,5,9-10H2,1-2H3. The van der Waals surface area contributed by atoms with Gasteiger partial charge in [-0.2, -0.15) is 11.8 Å². The normalized spacial score (nSPS) is 11.9. The summed E-state index contributed by atoms with van der Waals surface area (Å²) in [5.41, 5.74) is 0. The molecule has 0 aromatic carbocycles. The number of thiophene rings is 1. The highest BCUT2D eigenvalue weighted by atomic mass is 32.2. The monoisotopic (exact) mass is 254 g/mol. The lowest BCUT2D eigenvalue weighted by atomic mass is 10.4. The highest BCUT2D eigenvalue weighted by molar-refractivity contribution is 7.99. The van der Waals surface area contributed by atoms with Gasteiger partial charge in [0.1, 0.15) is 0 Å². The number of rotatable bonds is 5. The minimum atomic E-state index is 0.148. The van der Waals surface area contributed by atoms with Crippen LogP contribution in [0.5, 0.6) is 0 Å². The average molecular weight is 254 g/mol. The number of aliphatic hydroxyl groups excluding tert-OH is 1. The maximum atomic E-state index is 8.62. The fourth-order valence-electron chi connectivity index (χ4n) is 1.07. The Balaban J connectivity index is 2.43. The largest absolute Gasteiger partial charge is 0.395 e. The van der Waals surface area contributed by atoms with Crippen LogP contribution in [0.15, 0.2) is 12.1 Å². The van der Waals surface area contributed by atoms with Crippen LogP contribution in [0.4, 0.5) is 0 Å². The Hall–Kier alpha value is -0.430. The summed E-state index contributed by atoms with van der Waals surface area (Å²) in [5.74, 6) is 7.10.